The summed E-state index contributed by atoms with van der Waals surface area (Å²) >= 11 is 0. The van der Waals surface area contributed by atoms with Crippen LogP contribution in [0, 0.1) is 0 Å². The minimum Gasteiger partial charge on any atom is -0.270 e. The molecule has 0 spiro atoms. The molecule has 1 fully saturated rings. The van der Waals surface area contributed by atoms with Crippen molar-refractivity contribution in [2.24, 2.45) is 0 Å². The van der Waals surface area contributed by atoms with Crippen LogP contribution in [0.4, 0.5) is 0 Å². The monoisotopic (exact) mass is 273 g/mol. The maximum absolute atomic E-state index is 11.9. The van der Waals surface area contributed by atoms with E-state index in [-0.39, 0.29) is 12.0 Å². The molecule has 0 saturated heterocycles. The van der Waals surface area contributed by atoms with Gasteiger partial charge >= 0.3 is 0 Å². The minimum atomic E-state index is -0.236. The van der Waals surface area contributed by atoms with Gasteiger partial charge in [0.2, 0.25) is 0 Å². The Hall–Kier alpha value is -2.28. The lowest BCUT2D eigenvalue weighted by molar-refractivity contribution is -0.0124. The highest BCUT2D eigenvalue weighted by Gasteiger charge is 2.17. The maximum atomic E-state index is 11.9. The van der Waals surface area contributed by atoms with Crippen molar-refractivity contribution in [2.75, 3.05) is 0 Å². The van der Waals surface area contributed by atoms with Crippen molar-refractivity contribution in [1.29, 1.82) is 0 Å². The third-order valence-electron chi connectivity index (χ3n) is 3.36. The lowest BCUT2D eigenvalue weighted by atomic mass is 10.2. The van der Waals surface area contributed by atoms with Crippen LogP contribution in [0.2, 0.25) is 0 Å². The fourth-order valence-electron chi connectivity index (χ4n) is 2.25. The molecule has 2 aromatic rings. The molecule has 0 radical (unpaired) electrons. The summed E-state index contributed by atoms with van der Waals surface area (Å²) in [7, 11) is 0. The van der Waals surface area contributed by atoms with Gasteiger partial charge in [-0.1, -0.05) is 12.8 Å². The molecular weight excluding hydrogens is 258 g/mol. The quantitative estimate of drug-likeness (QED) is 0.848. The van der Waals surface area contributed by atoms with Crippen LogP contribution in [0.3, 0.4) is 0 Å². The van der Waals surface area contributed by atoms with Gasteiger partial charge in [-0.3, -0.25) is 9.63 Å². The average molecular weight is 273 g/mol. The van der Waals surface area contributed by atoms with E-state index in [1.807, 2.05) is 0 Å². The van der Waals surface area contributed by atoms with Gasteiger partial charge in [-0.25, -0.2) is 10.2 Å². The van der Waals surface area contributed by atoms with Gasteiger partial charge in [0.05, 0.1) is 11.8 Å². The van der Waals surface area contributed by atoms with Gasteiger partial charge in [0.25, 0.3) is 5.91 Å². The van der Waals surface area contributed by atoms with Crippen LogP contribution in [0.15, 0.2) is 30.6 Å². The smallest absolute Gasteiger partial charge is 0.270 e. The summed E-state index contributed by atoms with van der Waals surface area (Å²) in [4.78, 5) is 17.3. The first-order valence-corrected chi connectivity index (χ1v) is 6.62. The van der Waals surface area contributed by atoms with Crippen molar-refractivity contribution < 1.29 is 9.63 Å². The van der Waals surface area contributed by atoms with Crippen molar-refractivity contribution in [2.45, 2.75) is 31.8 Å². The molecule has 20 heavy (non-hydrogen) atoms. The molecule has 1 aliphatic rings. The maximum Gasteiger partial charge on any atom is 0.274 e. The predicted molar refractivity (Wildman–Crippen MR) is 70.0 cm³/mol. The number of carbonyl (C=O) groups excluding carboxylic acids is 1. The van der Waals surface area contributed by atoms with Crippen LogP contribution in [0.25, 0.3) is 5.69 Å². The molecule has 1 aromatic heterocycles. The van der Waals surface area contributed by atoms with Crippen LogP contribution >= 0.6 is 0 Å². The fraction of sp³-hybridized carbons (Fsp3) is 0.385. The lowest BCUT2D eigenvalue weighted by Gasteiger charge is -2.11. The van der Waals surface area contributed by atoms with Crippen LogP contribution in [-0.2, 0) is 4.84 Å². The Bertz CT molecular complexity index is 561. The van der Waals surface area contributed by atoms with Crippen LogP contribution < -0.4 is 5.48 Å². The molecule has 0 atom stereocenters. The molecule has 1 aliphatic carbocycles. The van der Waals surface area contributed by atoms with Crippen molar-refractivity contribution in [3.63, 3.8) is 0 Å². The summed E-state index contributed by atoms with van der Waals surface area (Å²) in [6.07, 6.45) is 6.01. The highest BCUT2D eigenvalue weighted by Crippen LogP contribution is 2.20. The topological polar surface area (TPSA) is 81.9 Å². The number of hydrogen-bond donors (Lipinski definition) is 1. The first kappa shape index (κ1) is 12.7. The normalized spacial score (nSPS) is 15.4. The van der Waals surface area contributed by atoms with Crippen LogP contribution in [0.1, 0.15) is 36.0 Å². The predicted octanol–water partition coefficient (Wildman–Crippen LogP) is 1.27. The Morgan fingerprint density at radius 3 is 2.65 bits per heavy atom. The Balaban J connectivity index is 1.60. The van der Waals surface area contributed by atoms with Crippen molar-refractivity contribution in [1.82, 2.24) is 25.7 Å². The van der Waals surface area contributed by atoms with E-state index >= 15 is 0 Å². The Morgan fingerprint density at radius 2 is 2.00 bits per heavy atom. The van der Waals surface area contributed by atoms with Crippen molar-refractivity contribution in [3.05, 3.63) is 36.2 Å². The average Bonchev–Trinajstić information content (AvgIpc) is 3.18. The third kappa shape index (κ3) is 2.83. The molecule has 1 aromatic carbocycles. The molecule has 1 saturated carbocycles. The number of hydroxylamine groups is 1. The number of hydrogen-bond acceptors (Lipinski definition) is 5. The molecule has 7 heteroatoms. The summed E-state index contributed by atoms with van der Waals surface area (Å²) < 4.78 is 1.52. The van der Waals surface area contributed by atoms with E-state index in [1.54, 1.807) is 24.3 Å². The SMILES string of the molecule is O=C(NOC1CCCC1)c1ccc(-n2cnnn2)cc1. The number of nitrogens with one attached hydrogen (secondary N) is 1. The molecule has 0 aliphatic heterocycles. The van der Waals surface area contributed by atoms with E-state index in [4.69, 9.17) is 4.84 Å². The zero-order valence-corrected chi connectivity index (χ0v) is 10.9. The molecule has 1 N–H and O–H groups in total. The van der Waals surface area contributed by atoms with Crippen molar-refractivity contribution in [3.8, 4) is 5.69 Å². The number of rotatable bonds is 4. The second kappa shape index (κ2) is 5.79. The fourth-order valence-corrected chi connectivity index (χ4v) is 2.25. The van der Waals surface area contributed by atoms with Gasteiger partial charge in [-0.2, -0.15) is 0 Å². The van der Waals surface area contributed by atoms with Crippen molar-refractivity contribution >= 4 is 5.91 Å². The van der Waals surface area contributed by atoms with E-state index in [9.17, 15) is 4.79 Å². The number of aromatic nitrogens is 4. The van der Waals surface area contributed by atoms with Gasteiger partial charge in [-0.15, -0.1) is 5.10 Å². The molecule has 7 nitrogen and oxygen atoms in total. The number of carbonyl (C=O) groups is 1. The first-order chi connectivity index (χ1) is 9.83. The summed E-state index contributed by atoms with van der Waals surface area (Å²) in [5.74, 6) is -0.236. The number of amides is 1. The summed E-state index contributed by atoms with van der Waals surface area (Å²) in [5.41, 5.74) is 3.85. The Labute approximate surface area is 115 Å². The lowest BCUT2D eigenvalue weighted by Crippen LogP contribution is -2.28. The standard InChI is InChI=1S/C13H15N5O2/c19-13(15-20-12-3-1-2-4-12)10-5-7-11(8-6-10)18-9-14-16-17-18/h5-9,12H,1-4H2,(H,15,19). The first-order valence-electron chi connectivity index (χ1n) is 6.62. The van der Waals surface area contributed by atoms with Gasteiger partial charge in [0.15, 0.2) is 0 Å². The molecule has 104 valence electrons. The van der Waals surface area contributed by atoms with E-state index in [0.717, 1.165) is 18.5 Å². The molecule has 3 rings (SSSR count). The summed E-state index contributed by atoms with van der Waals surface area (Å²) in [6, 6.07) is 6.98. The Kier molecular flexibility index (Phi) is 3.69. The highest BCUT2D eigenvalue weighted by molar-refractivity contribution is 5.93. The van der Waals surface area contributed by atoms with Gasteiger partial charge in [0, 0.05) is 5.56 Å². The molecule has 1 heterocycles. The summed E-state index contributed by atoms with van der Waals surface area (Å²) in [5, 5.41) is 10.9. The number of tetrazole rings is 1. The number of benzene rings is 1. The van der Waals surface area contributed by atoms with Gasteiger partial charge in [-0.05, 0) is 47.5 Å². The minimum absolute atomic E-state index is 0.152. The van der Waals surface area contributed by atoms with E-state index in [0.29, 0.717) is 5.56 Å². The van der Waals surface area contributed by atoms with E-state index in [1.165, 1.54) is 23.9 Å². The zero-order chi connectivity index (χ0) is 13.8. The molecule has 1 amide bonds. The zero-order valence-electron chi connectivity index (χ0n) is 10.9. The number of nitrogens with zero attached hydrogens (tertiary/aromatic N) is 4. The molecule has 0 bridgehead atoms. The van der Waals surface area contributed by atoms with E-state index < -0.39 is 0 Å². The second-order valence-corrected chi connectivity index (χ2v) is 4.76. The van der Waals surface area contributed by atoms with Crippen LogP contribution in [-0.4, -0.2) is 32.2 Å². The van der Waals surface area contributed by atoms with E-state index in [2.05, 4.69) is 21.0 Å². The van der Waals surface area contributed by atoms with Gasteiger partial charge in [0.1, 0.15) is 6.33 Å². The van der Waals surface area contributed by atoms with Gasteiger partial charge < -0.3 is 0 Å². The Morgan fingerprint density at radius 1 is 1.25 bits per heavy atom. The molecule has 0 unspecified atom stereocenters. The highest BCUT2D eigenvalue weighted by atomic mass is 16.7. The second-order valence-electron chi connectivity index (χ2n) is 4.76. The third-order valence-corrected chi connectivity index (χ3v) is 3.36. The summed E-state index contributed by atoms with van der Waals surface area (Å²) in [6.45, 7) is 0. The largest absolute Gasteiger partial charge is 0.274 e. The van der Waals surface area contributed by atoms with Crippen LogP contribution in [0.5, 0.6) is 0 Å². The molecular formula is C13H15N5O2.